The number of carbonyl (C=O) groups is 1. The van der Waals surface area contributed by atoms with Crippen LogP contribution in [0.1, 0.15) is 29.7 Å². The van der Waals surface area contributed by atoms with E-state index in [1.54, 1.807) is 0 Å². The lowest BCUT2D eigenvalue weighted by atomic mass is 10.1. The minimum atomic E-state index is -0.0768. The lowest BCUT2D eigenvalue weighted by Crippen LogP contribution is -2.49. The van der Waals surface area contributed by atoms with Gasteiger partial charge in [-0.05, 0) is 41.8 Å². The van der Waals surface area contributed by atoms with Crippen LogP contribution in [0.15, 0.2) is 36.4 Å². The van der Waals surface area contributed by atoms with Gasteiger partial charge in [-0.25, -0.2) is 0 Å². The minimum Gasteiger partial charge on any atom is -0.493 e. The van der Waals surface area contributed by atoms with Gasteiger partial charge >= 0.3 is 0 Å². The number of nitrogens with zero attached hydrogens (tertiary/aromatic N) is 2. The quantitative estimate of drug-likeness (QED) is 0.770. The van der Waals surface area contributed by atoms with Crippen molar-refractivity contribution in [2.75, 3.05) is 46.1 Å². The molecule has 3 heterocycles. The van der Waals surface area contributed by atoms with Gasteiger partial charge in [-0.2, -0.15) is 0 Å². The molecule has 0 radical (unpaired) electrons. The molecule has 5 rings (SSSR count). The number of nitrogens with one attached hydrogen (secondary N) is 1. The van der Waals surface area contributed by atoms with Crippen LogP contribution in [0, 0.1) is 0 Å². The molecule has 7 nitrogen and oxygen atoms in total. The van der Waals surface area contributed by atoms with Crippen LogP contribution < -0.4 is 19.5 Å². The molecule has 2 aromatic carbocycles. The highest BCUT2D eigenvalue weighted by atomic mass is 16.7. The van der Waals surface area contributed by atoms with Crippen molar-refractivity contribution in [2.45, 2.75) is 25.9 Å². The van der Waals surface area contributed by atoms with Gasteiger partial charge in [0.05, 0.1) is 19.2 Å². The highest BCUT2D eigenvalue weighted by molar-refractivity contribution is 5.78. The maximum atomic E-state index is 12.6. The third-order valence-electron chi connectivity index (χ3n) is 6.27. The zero-order chi connectivity index (χ0) is 21.2. The van der Waals surface area contributed by atoms with E-state index in [0.717, 1.165) is 68.6 Å². The Balaban J connectivity index is 1.07. The number of benzene rings is 2. The van der Waals surface area contributed by atoms with Crippen molar-refractivity contribution in [1.82, 2.24) is 15.1 Å². The van der Waals surface area contributed by atoms with Gasteiger partial charge in [0.1, 0.15) is 5.75 Å². The highest BCUT2D eigenvalue weighted by Crippen LogP contribution is 2.34. The average Bonchev–Trinajstić information content (AvgIpc) is 3.43. The van der Waals surface area contributed by atoms with Crippen LogP contribution in [0.2, 0.25) is 0 Å². The molecule has 0 spiro atoms. The molecule has 31 heavy (non-hydrogen) atoms. The van der Waals surface area contributed by atoms with E-state index < -0.39 is 0 Å². The number of hydrogen-bond donors (Lipinski definition) is 1. The molecule has 0 saturated carbocycles. The summed E-state index contributed by atoms with van der Waals surface area (Å²) in [6, 6.07) is 12.3. The zero-order valence-electron chi connectivity index (χ0n) is 17.9. The topological polar surface area (TPSA) is 63.3 Å². The Morgan fingerprint density at radius 3 is 2.61 bits per heavy atom. The Kier molecular flexibility index (Phi) is 5.70. The number of amides is 1. The number of piperazine rings is 1. The molecule has 1 fully saturated rings. The van der Waals surface area contributed by atoms with Gasteiger partial charge < -0.3 is 19.5 Å². The molecule has 0 bridgehead atoms. The fourth-order valence-electron chi connectivity index (χ4n) is 4.46. The predicted molar refractivity (Wildman–Crippen MR) is 116 cm³/mol. The molecule has 2 aromatic rings. The Hall–Kier alpha value is -2.77. The molecule has 0 unspecified atom stereocenters. The van der Waals surface area contributed by atoms with Crippen LogP contribution in [0.3, 0.4) is 0 Å². The first kappa shape index (κ1) is 20.2. The lowest BCUT2D eigenvalue weighted by Gasteiger charge is -2.34. The van der Waals surface area contributed by atoms with Crippen LogP contribution in [-0.4, -0.2) is 61.8 Å². The van der Waals surface area contributed by atoms with E-state index in [4.69, 9.17) is 14.2 Å². The van der Waals surface area contributed by atoms with Gasteiger partial charge in [0.2, 0.25) is 12.7 Å². The summed E-state index contributed by atoms with van der Waals surface area (Å²) in [7, 11) is 0. The summed E-state index contributed by atoms with van der Waals surface area (Å²) in [5.74, 6) is 2.59. The molecule has 3 aliphatic heterocycles. The predicted octanol–water partition coefficient (Wildman–Crippen LogP) is 2.35. The molecule has 0 aromatic heterocycles. The van der Waals surface area contributed by atoms with E-state index in [9.17, 15) is 4.79 Å². The number of carbonyl (C=O) groups excluding carboxylic acids is 1. The first-order chi connectivity index (χ1) is 15.1. The first-order valence-electron chi connectivity index (χ1n) is 11.0. The van der Waals surface area contributed by atoms with E-state index in [2.05, 4.69) is 33.3 Å². The fraction of sp³-hybridized carbons (Fsp3) is 0.458. The third kappa shape index (κ3) is 4.62. The van der Waals surface area contributed by atoms with Gasteiger partial charge in [-0.15, -0.1) is 0 Å². The Bertz CT molecular complexity index is 956. The monoisotopic (exact) mass is 423 g/mol. The smallest absolute Gasteiger partial charge is 0.234 e. The summed E-state index contributed by atoms with van der Waals surface area (Å²) in [5.41, 5.74) is 3.68. The molecule has 1 saturated heterocycles. The fourth-order valence-corrected chi connectivity index (χ4v) is 4.46. The van der Waals surface area contributed by atoms with Crippen LogP contribution in [-0.2, 0) is 17.8 Å². The number of hydrogen-bond acceptors (Lipinski definition) is 6. The number of rotatable bonds is 6. The van der Waals surface area contributed by atoms with E-state index in [1.165, 1.54) is 11.1 Å². The number of ether oxygens (including phenoxy) is 3. The third-order valence-corrected chi connectivity index (χ3v) is 6.27. The minimum absolute atomic E-state index is 0.0530. The Morgan fingerprint density at radius 1 is 0.968 bits per heavy atom. The maximum Gasteiger partial charge on any atom is 0.234 e. The molecule has 1 amide bonds. The number of fused-ring (bicyclic) bond motifs is 2. The van der Waals surface area contributed by atoms with Crippen molar-refractivity contribution in [3.05, 3.63) is 53.1 Å². The van der Waals surface area contributed by atoms with Crippen LogP contribution in [0.5, 0.6) is 17.2 Å². The van der Waals surface area contributed by atoms with E-state index in [-0.39, 0.29) is 18.7 Å². The second-order valence-corrected chi connectivity index (χ2v) is 8.49. The summed E-state index contributed by atoms with van der Waals surface area (Å²) in [4.78, 5) is 17.3. The van der Waals surface area contributed by atoms with Gasteiger partial charge in [-0.1, -0.05) is 18.2 Å². The summed E-state index contributed by atoms with van der Waals surface area (Å²) in [6.07, 6.45) is 1.01. The lowest BCUT2D eigenvalue weighted by molar-refractivity contribution is -0.123. The largest absolute Gasteiger partial charge is 0.493 e. The SMILES string of the molecule is C[C@H](NC(=O)CN1CCN(Cc2ccc3c(c2)CCO3)CC1)c1ccc2c(c1)OCO2. The van der Waals surface area contributed by atoms with E-state index in [0.29, 0.717) is 6.54 Å². The summed E-state index contributed by atoms with van der Waals surface area (Å²) < 4.78 is 16.4. The maximum absolute atomic E-state index is 12.6. The van der Waals surface area contributed by atoms with E-state index in [1.807, 2.05) is 25.1 Å². The van der Waals surface area contributed by atoms with Crippen molar-refractivity contribution >= 4 is 5.91 Å². The molecule has 7 heteroatoms. The van der Waals surface area contributed by atoms with Crippen molar-refractivity contribution in [3.8, 4) is 17.2 Å². The zero-order valence-corrected chi connectivity index (χ0v) is 17.9. The molecule has 1 atom stereocenters. The van der Waals surface area contributed by atoms with Gasteiger partial charge in [0, 0.05) is 39.1 Å². The van der Waals surface area contributed by atoms with Gasteiger partial charge in [-0.3, -0.25) is 14.6 Å². The van der Waals surface area contributed by atoms with Crippen LogP contribution >= 0.6 is 0 Å². The Labute approximate surface area is 182 Å². The van der Waals surface area contributed by atoms with Crippen molar-refractivity contribution in [2.24, 2.45) is 0 Å². The van der Waals surface area contributed by atoms with Crippen molar-refractivity contribution in [3.63, 3.8) is 0 Å². The van der Waals surface area contributed by atoms with Gasteiger partial charge in [0.15, 0.2) is 11.5 Å². The molecule has 0 aliphatic carbocycles. The standard InChI is InChI=1S/C24H29N3O4/c1-17(19-3-5-22-23(13-19)31-16-30-22)25-24(28)15-27-9-7-26(8-10-27)14-18-2-4-21-20(12-18)6-11-29-21/h2-5,12-13,17H,6-11,14-16H2,1H3,(H,25,28)/t17-/m0/s1. The molecule has 3 aliphatic rings. The molecular formula is C24H29N3O4. The average molecular weight is 424 g/mol. The summed E-state index contributed by atoms with van der Waals surface area (Å²) >= 11 is 0. The first-order valence-corrected chi connectivity index (χ1v) is 11.0. The van der Waals surface area contributed by atoms with Crippen LogP contribution in [0.25, 0.3) is 0 Å². The molecule has 164 valence electrons. The highest BCUT2D eigenvalue weighted by Gasteiger charge is 2.22. The van der Waals surface area contributed by atoms with Crippen LogP contribution in [0.4, 0.5) is 0 Å². The summed E-state index contributed by atoms with van der Waals surface area (Å²) in [6.45, 7) is 8.18. The van der Waals surface area contributed by atoms with Crippen molar-refractivity contribution < 1.29 is 19.0 Å². The second-order valence-electron chi connectivity index (χ2n) is 8.49. The Morgan fingerprint density at radius 2 is 1.74 bits per heavy atom. The molecule has 1 N–H and O–H groups in total. The van der Waals surface area contributed by atoms with Gasteiger partial charge in [0.25, 0.3) is 0 Å². The normalized spacial score (nSPS) is 19.0. The second kappa shape index (κ2) is 8.77. The van der Waals surface area contributed by atoms with Crippen molar-refractivity contribution in [1.29, 1.82) is 0 Å². The van der Waals surface area contributed by atoms with E-state index >= 15 is 0 Å². The molecular weight excluding hydrogens is 394 g/mol. The summed E-state index contributed by atoms with van der Waals surface area (Å²) in [5, 5.41) is 3.11.